The molecule has 0 saturated heterocycles. The van der Waals surface area contributed by atoms with E-state index in [-0.39, 0.29) is 17.3 Å². The second-order valence-corrected chi connectivity index (χ2v) is 6.00. The van der Waals surface area contributed by atoms with Gasteiger partial charge in [-0.1, -0.05) is 13.8 Å². The van der Waals surface area contributed by atoms with Crippen LogP contribution in [0, 0.1) is 0 Å². The molecule has 24 heavy (non-hydrogen) atoms. The lowest BCUT2D eigenvalue weighted by atomic mass is 10.1. The van der Waals surface area contributed by atoms with Gasteiger partial charge in [0.05, 0.1) is 6.04 Å². The second-order valence-electron chi connectivity index (χ2n) is 6.00. The van der Waals surface area contributed by atoms with Crippen molar-refractivity contribution in [1.82, 2.24) is 19.1 Å². The molecule has 1 aliphatic heterocycles. The normalized spacial score (nSPS) is 17.4. The fourth-order valence-electron chi connectivity index (χ4n) is 3.03. The second kappa shape index (κ2) is 6.10. The molecule has 3 N–H and O–H groups in total. The molecule has 3 heterocycles. The zero-order valence-corrected chi connectivity index (χ0v) is 14.2. The molecular formula is C16H22N6O2. The third kappa shape index (κ3) is 2.47. The molecule has 0 spiro atoms. The maximum Gasteiger partial charge on any atom is 0.332 e. The van der Waals surface area contributed by atoms with E-state index in [2.05, 4.69) is 15.0 Å². The van der Waals surface area contributed by atoms with Gasteiger partial charge >= 0.3 is 5.69 Å². The SMILES string of the molecule is CCCn1c(=O)c2[nH]c(C3=CC(N)=NC3C)nc2n(CCC)c1=O. The highest BCUT2D eigenvalue weighted by molar-refractivity contribution is 6.02. The van der Waals surface area contributed by atoms with E-state index in [0.29, 0.717) is 42.3 Å². The van der Waals surface area contributed by atoms with Gasteiger partial charge in [-0.05, 0) is 25.8 Å². The molecule has 0 aliphatic carbocycles. The van der Waals surface area contributed by atoms with Crippen molar-refractivity contribution < 1.29 is 0 Å². The van der Waals surface area contributed by atoms with Crippen LogP contribution in [0.5, 0.6) is 0 Å². The number of fused-ring (bicyclic) bond motifs is 1. The Bertz CT molecular complexity index is 959. The van der Waals surface area contributed by atoms with Crippen LogP contribution in [0.1, 0.15) is 39.4 Å². The van der Waals surface area contributed by atoms with Crippen molar-refractivity contribution >= 4 is 22.6 Å². The highest BCUT2D eigenvalue weighted by Gasteiger charge is 2.22. The minimum absolute atomic E-state index is 0.130. The quantitative estimate of drug-likeness (QED) is 0.846. The molecule has 2 aromatic heterocycles. The van der Waals surface area contributed by atoms with Crippen molar-refractivity contribution in [3.63, 3.8) is 0 Å². The van der Waals surface area contributed by atoms with Crippen molar-refractivity contribution in [2.45, 2.75) is 52.7 Å². The number of aliphatic imine (C=N–C) groups is 1. The van der Waals surface area contributed by atoms with Crippen LogP contribution in [0.4, 0.5) is 0 Å². The van der Waals surface area contributed by atoms with Crippen molar-refractivity contribution in [3.8, 4) is 0 Å². The lowest BCUT2D eigenvalue weighted by Crippen LogP contribution is -2.40. The lowest BCUT2D eigenvalue weighted by molar-refractivity contribution is 0.555. The number of aromatic amines is 1. The van der Waals surface area contributed by atoms with Crippen molar-refractivity contribution in [3.05, 3.63) is 32.7 Å². The topological polar surface area (TPSA) is 111 Å². The summed E-state index contributed by atoms with van der Waals surface area (Å²) < 4.78 is 2.84. The van der Waals surface area contributed by atoms with Crippen molar-refractivity contribution in [2.24, 2.45) is 10.7 Å². The van der Waals surface area contributed by atoms with Crippen LogP contribution in [0.15, 0.2) is 20.7 Å². The van der Waals surface area contributed by atoms with E-state index in [9.17, 15) is 9.59 Å². The molecule has 3 rings (SSSR count). The number of hydrogen-bond donors (Lipinski definition) is 2. The molecule has 1 unspecified atom stereocenters. The number of aryl methyl sites for hydroxylation is 1. The zero-order valence-electron chi connectivity index (χ0n) is 14.2. The summed E-state index contributed by atoms with van der Waals surface area (Å²) in [4.78, 5) is 37.2. The number of hydrogen-bond acceptors (Lipinski definition) is 5. The van der Waals surface area contributed by atoms with Crippen molar-refractivity contribution in [2.75, 3.05) is 0 Å². The summed E-state index contributed by atoms with van der Waals surface area (Å²) in [5.41, 5.74) is 6.68. The van der Waals surface area contributed by atoms with Crippen molar-refractivity contribution in [1.29, 1.82) is 0 Å². The van der Waals surface area contributed by atoms with Gasteiger partial charge in [0.1, 0.15) is 17.2 Å². The third-order valence-corrected chi connectivity index (χ3v) is 4.13. The summed E-state index contributed by atoms with van der Waals surface area (Å²) >= 11 is 0. The number of amidine groups is 1. The highest BCUT2D eigenvalue weighted by Crippen LogP contribution is 2.23. The monoisotopic (exact) mass is 330 g/mol. The van der Waals surface area contributed by atoms with E-state index in [0.717, 1.165) is 12.0 Å². The van der Waals surface area contributed by atoms with E-state index in [1.54, 1.807) is 10.6 Å². The molecular weight excluding hydrogens is 308 g/mol. The van der Waals surface area contributed by atoms with E-state index in [1.807, 2.05) is 20.8 Å². The standard InChI is InChI=1S/C16H22N6O2/c1-4-6-21-14-12(15(23)22(7-5-2)16(21)24)19-13(20-14)10-8-11(17)18-9(10)3/h8-9H,4-7H2,1-3H3,(H2,17,18)(H,19,20). The molecule has 0 bridgehead atoms. The van der Waals surface area contributed by atoms with Gasteiger partial charge in [0.25, 0.3) is 5.56 Å². The first-order valence-corrected chi connectivity index (χ1v) is 8.26. The predicted molar refractivity (Wildman–Crippen MR) is 94.3 cm³/mol. The fourth-order valence-corrected chi connectivity index (χ4v) is 3.03. The first kappa shape index (κ1) is 16.2. The number of nitrogens with one attached hydrogen (secondary N) is 1. The van der Waals surface area contributed by atoms with E-state index in [1.165, 1.54) is 4.57 Å². The van der Waals surface area contributed by atoms with Gasteiger partial charge in [-0.15, -0.1) is 0 Å². The summed E-state index contributed by atoms with van der Waals surface area (Å²) in [7, 11) is 0. The Balaban J connectivity index is 2.27. The molecule has 0 saturated carbocycles. The summed E-state index contributed by atoms with van der Waals surface area (Å²) in [6.07, 6.45) is 3.23. The minimum atomic E-state index is -0.330. The summed E-state index contributed by atoms with van der Waals surface area (Å²) in [6, 6.07) is -0.130. The Labute approximate surface area is 138 Å². The van der Waals surface area contributed by atoms with Crippen LogP contribution in [-0.4, -0.2) is 31.0 Å². The molecule has 128 valence electrons. The Hall–Kier alpha value is -2.64. The molecule has 1 atom stereocenters. The molecule has 2 aromatic rings. The first-order chi connectivity index (χ1) is 11.5. The van der Waals surface area contributed by atoms with E-state index in [4.69, 9.17) is 5.73 Å². The number of aromatic nitrogens is 4. The van der Waals surface area contributed by atoms with Crippen LogP contribution in [0.25, 0.3) is 16.7 Å². The Morgan fingerprint density at radius 3 is 2.46 bits per heavy atom. The average molecular weight is 330 g/mol. The lowest BCUT2D eigenvalue weighted by Gasteiger charge is -2.09. The molecule has 1 aliphatic rings. The zero-order chi connectivity index (χ0) is 17.4. The van der Waals surface area contributed by atoms with Crippen LogP contribution in [-0.2, 0) is 13.1 Å². The third-order valence-electron chi connectivity index (χ3n) is 4.13. The van der Waals surface area contributed by atoms with Gasteiger partial charge in [-0.25, -0.2) is 9.78 Å². The smallest absolute Gasteiger partial charge is 0.332 e. The summed E-state index contributed by atoms with van der Waals surface area (Å²) in [5.74, 6) is 0.976. The van der Waals surface area contributed by atoms with Gasteiger partial charge in [0, 0.05) is 18.7 Å². The number of nitrogens with zero attached hydrogens (tertiary/aromatic N) is 4. The average Bonchev–Trinajstić information content (AvgIpc) is 3.11. The van der Waals surface area contributed by atoms with Gasteiger partial charge in [-0.2, -0.15) is 0 Å². The highest BCUT2D eigenvalue weighted by atomic mass is 16.2. The summed E-state index contributed by atoms with van der Waals surface area (Å²) in [6.45, 7) is 6.73. The van der Waals surface area contributed by atoms with Gasteiger partial charge in [0.15, 0.2) is 5.65 Å². The maximum atomic E-state index is 12.7. The molecule has 8 nitrogen and oxygen atoms in total. The fraction of sp³-hybridized carbons (Fsp3) is 0.500. The van der Waals surface area contributed by atoms with E-state index < -0.39 is 0 Å². The van der Waals surface area contributed by atoms with Gasteiger partial charge < -0.3 is 10.7 Å². The first-order valence-electron chi connectivity index (χ1n) is 8.26. The largest absolute Gasteiger partial charge is 0.384 e. The van der Waals surface area contributed by atoms with Crippen LogP contribution in [0.2, 0.25) is 0 Å². The summed E-state index contributed by atoms with van der Waals surface area (Å²) in [5, 5.41) is 0. The Kier molecular flexibility index (Phi) is 4.13. The number of rotatable bonds is 5. The molecule has 0 fully saturated rings. The Morgan fingerprint density at radius 1 is 1.21 bits per heavy atom. The van der Waals surface area contributed by atoms with Crippen LogP contribution < -0.4 is 17.0 Å². The molecule has 0 aromatic carbocycles. The number of H-pyrrole nitrogens is 1. The maximum absolute atomic E-state index is 12.7. The van der Waals surface area contributed by atoms with Crippen LogP contribution >= 0.6 is 0 Å². The van der Waals surface area contributed by atoms with Gasteiger partial charge in [-0.3, -0.25) is 18.9 Å². The molecule has 8 heteroatoms. The van der Waals surface area contributed by atoms with E-state index >= 15 is 0 Å². The minimum Gasteiger partial charge on any atom is -0.384 e. The molecule has 0 amide bonds. The molecule has 0 radical (unpaired) electrons. The number of imidazole rings is 1. The number of nitrogens with two attached hydrogens (primary N) is 1. The van der Waals surface area contributed by atoms with Gasteiger partial charge in [0.2, 0.25) is 0 Å². The predicted octanol–water partition coefficient (Wildman–Crippen LogP) is 0.849. The Morgan fingerprint density at radius 2 is 1.88 bits per heavy atom. The van der Waals surface area contributed by atoms with Crippen LogP contribution in [0.3, 0.4) is 0 Å².